The van der Waals surface area contributed by atoms with E-state index < -0.39 is 0 Å². The van der Waals surface area contributed by atoms with Crippen LogP contribution in [0.15, 0.2) is 24.4 Å². The van der Waals surface area contributed by atoms with Crippen molar-refractivity contribution in [2.75, 3.05) is 13.1 Å². The minimum absolute atomic E-state index is 0.120. The van der Waals surface area contributed by atoms with Crippen molar-refractivity contribution in [2.45, 2.75) is 66.3 Å². The van der Waals surface area contributed by atoms with Gasteiger partial charge < -0.3 is 10.6 Å². The minimum Gasteiger partial charge on any atom is -0.374 e. The number of nitrogens with two attached hydrogens (primary N) is 1. The molecule has 0 fully saturated rings. The molecular weight excluding hydrogens is 256 g/mol. The van der Waals surface area contributed by atoms with Crippen LogP contribution in [0.1, 0.15) is 54.9 Å². The Morgan fingerprint density at radius 2 is 1.74 bits per heavy atom. The predicted molar refractivity (Wildman–Crippen MR) is 91.8 cm³/mol. The molecule has 116 valence electrons. The molecule has 2 nitrogen and oxygen atoms in total. The molecule has 3 heteroatoms. The Balaban J connectivity index is -0.000000307. The third-order valence-corrected chi connectivity index (χ3v) is 2.39. The van der Waals surface area contributed by atoms with Crippen molar-refractivity contribution < 1.29 is 0 Å². The zero-order valence-corrected chi connectivity index (χ0v) is 14.8. The number of alkyl halides is 1. The van der Waals surface area contributed by atoms with E-state index in [1.165, 1.54) is 5.70 Å². The molecule has 2 atom stereocenters. The molecule has 0 heterocycles. The van der Waals surface area contributed by atoms with E-state index in [-0.39, 0.29) is 11.4 Å². The number of rotatable bonds is 6. The maximum Gasteiger partial charge on any atom is 0.0485 e. The molecule has 0 rings (SSSR count). The molecule has 0 aromatic rings. The van der Waals surface area contributed by atoms with Gasteiger partial charge in [-0.1, -0.05) is 32.9 Å². The second-order valence-corrected chi connectivity index (χ2v) is 4.87. The fourth-order valence-corrected chi connectivity index (χ4v) is 1.29. The topological polar surface area (TPSA) is 29.3 Å². The van der Waals surface area contributed by atoms with E-state index in [1.807, 2.05) is 27.7 Å². The standard InChI is InChI=1S/C10H22N2.C4H7Cl.C2H6/c1-5-7-10(4)12(6-2)8-9(3)11;1-3-4(2)5;1-2/h7,9H,5-6,8,11H2,1-4H3;3-4H,1H2,2H3;1-2H3/b10-7+;;. The van der Waals surface area contributed by atoms with Crippen LogP contribution in [0.4, 0.5) is 0 Å². The Hall–Kier alpha value is -0.470. The summed E-state index contributed by atoms with van der Waals surface area (Å²) in [6.45, 7) is 19.8. The van der Waals surface area contributed by atoms with Crippen LogP contribution in [-0.4, -0.2) is 29.4 Å². The monoisotopic (exact) mass is 290 g/mol. The molecule has 0 aliphatic rings. The average Bonchev–Trinajstić information content (AvgIpc) is 2.39. The van der Waals surface area contributed by atoms with Crippen LogP contribution in [0.3, 0.4) is 0 Å². The summed E-state index contributed by atoms with van der Waals surface area (Å²) >= 11 is 5.34. The van der Waals surface area contributed by atoms with Crippen molar-refractivity contribution in [3.05, 3.63) is 24.4 Å². The van der Waals surface area contributed by atoms with E-state index in [9.17, 15) is 0 Å². The summed E-state index contributed by atoms with van der Waals surface area (Å²) in [6.07, 6.45) is 5.02. The third kappa shape index (κ3) is 20.0. The van der Waals surface area contributed by atoms with E-state index in [2.05, 4.69) is 38.3 Å². The molecule has 0 bridgehead atoms. The molecule has 2 N–H and O–H groups in total. The summed E-state index contributed by atoms with van der Waals surface area (Å²) < 4.78 is 0. The van der Waals surface area contributed by atoms with Gasteiger partial charge >= 0.3 is 0 Å². The van der Waals surface area contributed by atoms with Gasteiger partial charge in [0.1, 0.15) is 0 Å². The number of allylic oxidation sites excluding steroid dienone is 3. The molecule has 0 amide bonds. The van der Waals surface area contributed by atoms with E-state index in [0.717, 1.165) is 19.5 Å². The second kappa shape index (κ2) is 17.5. The fraction of sp³-hybridized carbons (Fsp3) is 0.750. The Kier molecular flexibility index (Phi) is 21.8. The molecule has 2 unspecified atom stereocenters. The zero-order valence-electron chi connectivity index (χ0n) is 14.0. The average molecular weight is 291 g/mol. The maximum absolute atomic E-state index is 5.73. The van der Waals surface area contributed by atoms with Gasteiger partial charge in [0, 0.05) is 30.2 Å². The van der Waals surface area contributed by atoms with Crippen LogP contribution >= 0.6 is 11.6 Å². The molecule has 0 radical (unpaired) electrons. The molecule has 0 aliphatic heterocycles. The third-order valence-electron chi connectivity index (χ3n) is 2.21. The lowest BCUT2D eigenvalue weighted by Crippen LogP contribution is -2.34. The number of nitrogens with zero attached hydrogens (tertiary/aromatic N) is 1. The van der Waals surface area contributed by atoms with Gasteiger partial charge in [-0.15, -0.1) is 18.2 Å². The first-order valence-electron chi connectivity index (χ1n) is 7.32. The van der Waals surface area contributed by atoms with Gasteiger partial charge in [-0.3, -0.25) is 0 Å². The van der Waals surface area contributed by atoms with Crippen molar-refractivity contribution in [3.8, 4) is 0 Å². The van der Waals surface area contributed by atoms with E-state index in [1.54, 1.807) is 6.08 Å². The van der Waals surface area contributed by atoms with Gasteiger partial charge in [0.15, 0.2) is 0 Å². The van der Waals surface area contributed by atoms with Crippen molar-refractivity contribution in [1.82, 2.24) is 4.90 Å². The maximum atomic E-state index is 5.73. The number of hydrogen-bond donors (Lipinski definition) is 1. The lowest BCUT2D eigenvalue weighted by Gasteiger charge is -2.25. The lowest BCUT2D eigenvalue weighted by atomic mass is 10.2. The van der Waals surface area contributed by atoms with Crippen molar-refractivity contribution >= 4 is 11.6 Å². The van der Waals surface area contributed by atoms with Gasteiger partial charge in [0.05, 0.1) is 0 Å². The lowest BCUT2D eigenvalue weighted by molar-refractivity contribution is 0.342. The summed E-state index contributed by atoms with van der Waals surface area (Å²) in [4.78, 5) is 2.31. The number of likely N-dealkylation sites (N-methyl/N-ethyl adjacent to an activating group) is 1. The largest absolute Gasteiger partial charge is 0.374 e. The molecule has 0 spiro atoms. The van der Waals surface area contributed by atoms with Gasteiger partial charge in [0.2, 0.25) is 0 Å². The zero-order chi connectivity index (χ0) is 15.8. The molecule has 0 saturated carbocycles. The normalized spacial score (nSPS) is 13.2. The van der Waals surface area contributed by atoms with Crippen LogP contribution in [0, 0.1) is 0 Å². The Morgan fingerprint density at radius 1 is 1.32 bits per heavy atom. The SMILES string of the molecule is C=CC(C)Cl.CC.CC/C=C(\C)N(CC)CC(C)N. The van der Waals surface area contributed by atoms with Gasteiger partial charge in [-0.05, 0) is 34.1 Å². The summed E-state index contributed by atoms with van der Waals surface area (Å²) in [6, 6.07) is 0.255. The van der Waals surface area contributed by atoms with Gasteiger partial charge in [-0.2, -0.15) is 0 Å². The van der Waals surface area contributed by atoms with E-state index >= 15 is 0 Å². The van der Waals surface area contributed by atoms with Gasteiger partial charge in [-0.25, -0.2) is 0 Å². The summed E-state index contributed by atoms with van der Waals surface area (Å²) in [5, 5.41) is 0.120. The predicted octanol–water partition coefficient (Wildman–Crippen LogP) is 4.80. The highest BCUT2D eigenvalue weighted by Gasteiger charge is 2.04. The minimum atomic E-state index is 0.120. The van der Waals surface area contributed by atoms with Crippen molar-refractivity contribution in [2.24, 2.45) is 5.73 Å². The van der Waals surface area contributed by atoms with Gasteiger partial charge in [0.25, 0.3) is 0 Å². The quantitative estimate of drug-likeness (QED) is 0.563. The Labute approximate surface area is 126 Å². The van der Waals surface area contributed by atoms with E-state index in [4.69, 9.17) is 17.3 Å². The van der Waals surface area contributed by atoms with Crippen molar-refractivity contribution in [1.29, 1.82) is 0 Å². The smallest absolute Gasteiger partial charge is 0.0485 e. The molecule has 0 aromatic carbocycles. The summed E-state index contributed by atoms with van der Waals surface area (Å²) in [5.41, 5.74) is 7.08. The number of halogens is 1. The highest BCUT2D eigenvalue weighted by Crippen LogP contribution is 2.04. The molecule has 19 heavy (non-hydrogen) atoms. The highest BCUT2D eigenvalue weighted by molar-refractivity contribution is 6.21. The Bertz CT molecular complexity index is 211. The molecular formula is C16H35ClN2. The fourth-order valence-electron chi connectivity index (χ4n) is 1.29. The first-order chi connectivity index (χ1) is 8.88. The van der Waals surface area contributed by atoms with Crippen LogP contribution in [0.2, 0.25) is 0 Å². The first kappa shape index (κ1) is 23.6. The van der Waals surface area contributed by atoms with E-state index in [0.29, 0.717) is 0 Å². The number of hydrogen-bond acceptors (Lipinski definition) is 2. The van der Waals surface area contributed by atoms with Crippen molar-refractivity contribution in [3.63, 3.8) is 0 Å². The van der Waals surface area contributed by atoms with Crippen LogP contribution in [0.25, 0.3) is 0 Å². The summed E-state index contributed by atoms with van der Waals surface area (Å²) in [5.74, 6) is 0. The Morgan fingerprint density at radius 3 is 1.95 bits per heavy atom. The molecule has 0 saturated heterocycles. The second-order valence-electron chi connectivity index (χ2n) is 4.18. The van der Waals surface area contributed by atoms with Crippen LogP contribution in [-0.2, 0) is 0 Å². The van der Waals surface area contributed by atoms with Crippen LogP contribution in [0.5, 0.6) is 0 Å². The summed E-state index contributed by atoms with van der Waals surface area (Å²) in [7, 11) is 0. The van der Waals surface area contributed by atoms with Crippen LogP contribution < -0.4 is 5.73 Å². The first-order valence-corrected chi connectivity index (χ1v) is 7.76. The highest BCUT2D eigenvalue weighted by atomic mass is 35.5. The molecule has 0 aliphatic carbocycles. The molecule has 0 aromatic heterocycles.